The summed E-state index contributed by atoms with van der Waals surface area (Å²) in [5.41, 5.74) is -1.46. The van der Waals surface area contributed by atoms with E-state index in [-0.39, 0.29) is 18.3 Å². The Morgan fingerprint density at radius 2 is 1.89 bits per heavy atom. The topological polar surface area (TPSA) is 87.1 Å². The molecular formula is C21H15BrClF4N5O3. The summed E-state index contributed by atoms with van der Waals surface area (Å²) in [4.78, 5) is 12.5. The van der Waals surface area contributed by atoms with Gasteiger partial charge in [-0.15, -0.1) is 0 Å². The first kappa shape index (κ1) is 24.8. The lowest BCUT2D eigenvalue weighted by molar-refractivity contribution is 0.0994. The molecule has 0 saturated carbocycles. The third-order valence-corrected chi connectivity index (χ3v) is 5.54. The highest BCUT2D eigenvalue weighted by molar-refractivity contribution is 9.10. The molecule has 0 aliphatic rings. The first-order valence-electron chi connectivity index (χ1n) is 9.84. The maximum Gasteiger partial charge on any atom is 0.291 e. The van der Waals surface area contributed by atoms with E-state index in [0.29, 0.717) is 16.1 Å². The number of nitrogens with zero attached hydrogens (tertiary/aromatic N) is 4. The second-order valence-corrected chi connectivity index (χ2v) is 8.35. The van der Waals surface area contributed by atoms with Crippen LogP contribution >= 0.6 is 27.5 Å². The summed E-state index contributed by atoms with van der Waals surface area (Å²) < 4.78 is 66.6. The monoisotopic (exact) mass is 575 g/mol. The van der Waals surface area contributed by atoms with Crippen LogP contribution in [0.15, 0.2) is 57.7 Å². The van der Waals surface area contributed by atoms with Crippen molar-refractivity contribution in [2.45, 2.75) is 26.1 Å². The Balaban J connectivity index is 1.39. The van der Waals surface area contributed by atoms with Crippen molar-refractivity contribution >= 4 is 39.1 Å². The standard InChI is InChI=1S/C21H15BrClF4N5O3/c22-11-1-3-13(4-2-11)34-10-31-8-12(7-28-31)29-21(33)15-6-5-14(35-15)9-32-18(20(26)27)16(23)17(30-32)19(24)25/h1-8,19-20H,9-10H2,(H,29,33). The lowest BCUT2D eigenvalue weighted by Gasteiger charge is -2.06. The van der Waals surface area contributed by atoms with Crippen LogP contribution in [-0.4, -0.2) is 25.5 Å². The smallest absolute Gasteiger partial charge is 0.291 e. The van der Waals surface area contributed by atoms with Gasteiger partial charge < -0.3 is 14.5 Å². The van der Waals surface area contributed by atoms with Crippen molar-refractivity contribution in [2.75, 3.05) is 5.32 Å². The van der Waals surface area contributed by atoms with Gasteiger partial charge in [0.15, 0.2) is 12.5 Å². The molecule has 8 nitrogen and oxygen atoms in total. The molecule has 184 valence electrons. The minimum atomic E-state index is -3.13. The number of nitrogens with one attached hydrogen (secondary N) is 1. The van der Waals surface area contributed by atoms with Crippen molar-refractivity contribution in [3.63, 3.8) is 0 Å². The number of benzene rings is 1. The average molecular weight is 577 g/mol. The third-order valence-electron chi connectivity index (χ3n) is 4.63. The molecule has 1 N–H and O–H groups in total. The quantitative estimate of drug-likeness (QED) is 0.236. The molecule has 4 rings (SSSR count). The van der Waals surface area contributed by atoms with Crippen LogP contribution in [0.25, 0.3) is 0 Å². The SMILES string of the molecule is O=C(Nc1cnn(COc2ccc(Br)cc2)c1)c1ccc(Cn2nc(C(F)F)c(Cl)c2C(F)F)o1. The van der Waals surface area contributed by atoms with Crippen molar-refractivity contribution in [3.8, 4) is 5.75 Å². The first-order valence-corrected chi connectivity index (χ1v) is 11.0. The minimum Gasteiger partial charge on any atom is -0.471 e. The van der Waals surface area contributed by atoms with Crippen LogP contribution in [0.5, 0.6) is 5.75 Å². The maximum absolute atomic E-state index is 13.3. The Morgan fingerprint density at radius 1 is 1.14 bits per heavy atom. The highest BCUT2D eigenvalue weighted by Crippen LogP contribution is 2.35. The first-order chi connectivity index (χ1) is 16.7. The predicted octanol–water partition coefficient (Wildman–Crippen LogP) is 6.30. The largest absolute Gasteiger partial charge is 0.471 e. The van der Waals surface area contributed by atoms with E-state index in [1.54, 1.807) is 12.1 Å². The molecule has 3 aromatic heterocycles. The summed E-state index contributed by atoms with van der Waals surface area (Å²) in [7, 11) is 0. The number of halogens is 6. The number of carbonyl (C=O) groups excluding carboxylic acids is 1. The third kappa shape index (κ3) is 5.85. The number of anilines is 1. The van der Waals surface area contributed by atoms with E-state index in [1.165, 1.54) is 29.2 Å². The highest BCUT2D eigenvalue weighted by atomic mass is 79.9. The van der Waals surface area contributed by atoms with Gasteiger partial charge in [0.1, 0.15) is 22.9 Å². The van der Waals surface area contributed by atoms with Crippen molar-refractivity contribution < 1.29 is 31.5 Å². The number of rotatable bonds is 9. The number of carbonyl (C=O) groups is 1. The molecule has 0 aliphatic heterocycles. The number of amides is 1. The van der Waals surface area contributed by atoms with Crippen LogP contribution in [-0.2, 0) is 13.3 Å². The van der Waals surface area contributed by atoms with Gasteiger partial charge in [-0.05, 0) is 36.4 Å². The van der Waals surface area contributed by atoms with Crippen LogP contribution in [0, 0.1) is 0 Å². The Bertz CT molecular complexity index is 1320. The molecule has 0 spiro atoms. The summed E-state index contributed by atoms with van der Waals surface area (Å²) in [5, 5.41) is 9.32. The van der Waals surface area contributed by atoms with Crippen LogP contribution in [0.2, 0.25) is 5.02 Å². The molecule has 14 heteroatoms. The van der Waals surface area contributed by atoms with Crippen LogP contribution < -0.4 is 10.1 Å². The molecule has 0 fully saturated rings. The van der Waals surface area contributed by atoms with Crippen molar-refractivity contribution in [1.82, 2.24) is 19.6 Å². The number of alkyl halides is 4. The molecule has 0 saturated heterocycles. The Labute approximate surface area is 208 Å². The number of furan rings is 1. The lowest BCUT2D eigenvalue weighted by atomic mass is 10.3. The molecule has 1 amide bonds. The van der Waals surface area contributed by atoms with E-state index in [2.05, 4.69) is 31.4 Å². The van der Waals surface area contributed by atoms with Crippen LogP contribution in [0.3, 0.4) is 0 Å². The normalized spacial score (nSPS) is 11.4. The van der Waals surface area contributed by atoms with Gasteiger partial charge in [-0.25, -0.2) is 22.2 Å². The molecule has 1 aromatic carbocycles. The molecule has 0 radical (unpaired) electrons. The summed E-state index contributed by atoms with van der Waals surface area (Å²) >= 11 is 8.97. The Kier molecular flexibility index (Phi) is 7.45. The summed E-state index contributed by atoms with van der Waals surface area (Å²) in [6.45, 7) is -0.327. The van der Waals surface area contributed by atoms with Gasteiger partial charge >= 0.3 is 0 Å². The fraction of sp³-hybridized carbons (Fsp3) is 0.190. The second-order valence-electron chi connectivity index (χ2n) is 7.06. The highest BCUT2D eigenvalue weighted by Gasteiger charge is 2.28. The Hall–Kier alpha value is -3.32. The molecule has 4 aromatic rings. The van der Waals surface area contributed by atoms with Crippen LogP contribution in [0.4, 0.5) is 23.2 Å². The van der Waals surface area contributed by atoms with E-state index in [4.69, 9.17) is 20.8 Å². The van der Waals surface area contributed by atoms with Crippen molar-refractivity contribution in [2.24, 2.45) is 0 Å². The zero-order valence-corrected chi connectivity index (χ0v) is 19.8. The lowest BCUT2D eigenvalue weighted by Crippen LogP contribution is -2.11. The van der Waals surface area contributed by atoms with Gasteiger partial charge in [-0.2, -0.15) is 10.2 Å². The molecule has 0 bridgehead atoms. The molecule has 0 aliphatic carbocycles. The molecule has 0 unspecified atom stereocenters. The number of aromatic nitrogens is 4. The maximum atomic E-state index is 13.3. The second kappa shape index (κ2) is 10.5. The fourth-order valence-electron chi connectivity index (χ4n) is 3.04. The van der Waals surface area contributed by atoms with Gasteiger partial charge in [-0.1, -0.05) is 27.5 Å². The molecule has 3 heterocycles. The molecular weight excluding hydrogens is 562 g/mol. The van der Waals surface area contributed by atoms with E-state index in [9.17, 15) is 22.4 Å². The van der Waals surface area contributed by atoms with Gasteiger partial charge in [0.05, 0.1) is 29.6 Å². The number of hydrogen-bond donors (Lipinski definition) is 1. The zero-order valence-electron chi connectivity index (χ0n) is 17.5. The fourth-order valence-corrected chi connectivity index (χ4v) is 3.60. The number of hydrogen-bond acceptors (Lipinski definition) is 5. The Morgan fingerprint density at radius 3 is 2.57 bits per heavy atom. The summed E-state index contributed by atoms with van der Waals surface area (Å²) in [6.07, 6.45) is -3.32. The van der Waals surface area contributed by atoms with Crippen LogP contribution in [0.1, 0.15) is 40.6 Å². The van der Waals surface area contributed by atoms with Gasteiger partial charge in [0.2, 0.25) is 0 Å². The van der Waals surface area contributed by atoms with Gasteiger partial charge in [0.25, 0.3) is 18.8 Å². The van der Waals surface area contributed by atoms with Gasteiger partial charge in [-0.3, -0.25) is 9.48 Å². The average Bonchev–Trinajstić information content (AvgIpc) is 3.53. The zero-order chi connectivity index (χ0) is 25.1. The summed E-state index contributed by atoms with van der Waals surface area (Å²) in [6, 6.07) is 9.87. The molecule has 35 heavy (non-hydrogen) atoms. The summed E-state index contributed by atoms with van der Waals surface area (Å²) in [5.74, 6) is -0.0996. The molecule has 0 atom stereocenters. The minimum absolute atomic E-state index is 0.0376. The van der Waals surface area contributed by atoms with Gasteiger partial charge in [0, 0.05) is 4.47 Å². The van der Waals surface area contributed by atoms with E-state index in [0.717, 1.165) is 4.47 Å². The van der Waals surface area contributed by atoms with Crippen molar-refractivity contribution in [1.29, 1.82) is 0 Å². The van der Waals surface area contributed by atoms with E-state index >= 15 is 0 Å². The number of ether oxygens (including phenoxy) is 1. The van der Waals surface area contributed by atoms with E-state index in [1.807, 2.05) is 12.1 Å². The van der Waals surface area contributed by atoms with Crippen molar-refractivity contribution in [3.05, 3.63) is 81.2 Å². The van der Waals surface area contributed by atoms with E-state index < -0.39 is 41.7 Å². The predicted molar refractivity (Wildman–Crippen MR) is 120 cm³/mol.